The fraction of sp³-hybridized carbons (Fsp3) is 1.00. The maximum atomic E-state index is 5.63. The molecule has 2 rings (SSSR count). The second-order valence-corrected chi connectivity index (χ2v) is 6.32. The Morgan fingerprint density at radius 1 is 1.11 bits per heavy atom. The number of nitrogens with one attached hydrogen (secondary N) is 1. The molecule has 1 heterocycles. The van der Waals surface area contributed by atoms with Crippen molar-refractivity contribution in [1.29, 1.82) is 0 Å². The second kappa shape index (κ2) is 6.88. The molecule has 0 aromatic carbocycles. The molecule has 1 saturated carbocycles. The van der Waals surface area contributed by atoms with Crippen LogP contribution in [0.2, 0.25) is 0 Å². The third-order valence-corrected chi connectivity index (χ3v) is 4.82. The first-order chi connectivity index (χ1) is 8.66. The molecule has 2 aliphatic rings. The van der Waals surface area contributed by atoms with Crippen LogP contribution in [0.4, 0.5) is 0 Å². The number of nitrogens with zero attached hydrogens (tertiary/aromatic N) is 1. The van der Waals surface area contributed by atoms with Crippen LogP contribution < -0.4 is 5.32 Å². The van der Waals surface area contributed by atoms with Crippen LogP contribution in [0.15, 0.2) is 0 Å². The first-order valence-corrected chi connectivity index (χ1v) is 7.72. The number of rotatable bonds is 5. The molecular formula is C15H30N2O. The fourth-order valence-electron chi connectivity index (χ4n) is 3.37. The SMILES string of the molecule is CC1CCC(NCCN(C)C2CCOC2C)CC1. The van der Waals surface area contributed by atoms with Crippen LogP contribution in [0.5, 0.6) is 0 Å². The normalized spacial score (nSPS) is 37.3. The summed E-state index contributed by atoms with van der Waals surface area (Å²) in [6, 6.07) is 1.39. The Kier molecular flexibility index (Phi) is 5.46. The van der Waals surface area contributed by atoms with Crippen LogP contribution in [0.3, 0.4) is 0 Å². The van der Waals surface area contributed by atoms with Gasteiger partial charge in [0.1, 0.15) is 0 Å². The van der Waals surface area contributed by atoms with Crippen molar-refractivity contribution in [1.82, 2.24) is 10.2 Å². The van der Waals surface area contributed by atoms with Crippen LogP contribution in [-0.4, -0.2) is 49.8 Å². The largest absolute Gasteiger partial charge is 0.377 e. The van der Waals surface area contributed by atoms with E-state index in [0.29, 0.717) is 12.1 Å². The summed E-state index contributed by atoms with van der Waals surface area (Å²) < 4.78 is 5.63. The summed E-state index contributed by atoms with van der Waals surface area (Å²) in [7, 11) is 2.24. The molecule has 1 N–H and O–H groups in total. The van der Waals surface area contributed by atoms with E-state index < -0.39 is 0 Å². The third-order valence-electron chi connectivity index (χ3n) is 4.82. The molecule has 1 aliphatic heterocycles. The Hall–Kier alpha value is -0.120. The van der Waals surface area contributed by atoms with E-state index in [1.54, 1.807) is 0 Å². The molecule has 3 nitrogen and oxygen atoms in total. The van der Waals surface area contributed by atoms with Gasteiger partial charge in [0, 0.05) is 31.8 Å². The van der Waals surface area contributed by atoms with Crippen molar-refractivity contribution in [3.05, 3.63) is 0 Å². The average molecular weight is 254 g/mol. The van der Waals surface area contributed by atoms with Gasteiger partial charge < -0.3 is 10.1 Å². The van der Waals surface area contributed by atoms with Crippen molar-refractivity contribution in [2.24, 2.45) is 5.92 Å². The number of hydrogen-bond acceptors (Lipinski definition) is 3. The van der Waals surface area contributed by atoms with Gasteiger partial charge in [-0.15, -0.1) is 0 Å². The van der Waals surface area contributed by atoms with Crippen LogP contribution >= 0.6 is 0 Å². The Morgan fingerprint density at radius 2 is 1.83 bits per heavy atom. The minimum Gasteiger partial charge on any atom is -0.377 e. The molecule has 0 aromatic heterocycles. The molecule has 2 fully saturated rings. The van der Waals surface area contributed by atoms with E-state index in [9.17, 15) is 0 Å². The highest BCUT2D eigenvalue weighted by Crippen LogP contribution is 2.23. The first-order valence-electron chi connectivity index (χ1n) is 7.72. The van der Waals surface area contributed by atoms with E-state index in [1.165, 1.54) is 32.1 Å². The van der Waals surface area contributed by atoms with Crippen LogP contribution in [0.25, 0.3) is 0 Å². The fourth-order valence-corrected chi connectivity index (χ4v) is 3.37. The Morgan fingerprint density at radius 3 is 2.44 bits per heavy atom. The lowest BCUT2D eigenvalue weighted by Gasteiger charge is -2.30. The van der Waals surface area contributed by atoms with Crippen molar-refractivity contribution in [3.63, 3.8) is 0 Å². The molecule has 3 heteroatoms. The van der Waals surface area contributed by atoms with Crippen molar-refractivity contribution >= 4 is 0 Å². The lowest BCUT2D eigenvalue weighted by atomic mass is 9.87. The highest BCUT2D eigenvalue weighted by molar-refractivity contribution is 4.81. The summed E-state index contributed by atoms with van der Waals surface area (Å²) in [5, 5.41) is 3.73. The van der Waals surface area contributed by atoms with Gasteiger partial charge in [-0.2, -0.15) is 0 Å². The smallest absolute Gasteiger partial charge is 0.0702 e. The molecule has 106 valence electrons. The van der Waals surface area contributed by atoms with Crippen LogP contribution in [0.1, 0.15) is 46.0 Å². The Labute approximate surface area is 112 Å². The van der Waals surface area contributed by atoms with E-state index in [-0.39, 0.29) is 0 Å². The summed E-state index contributed by atoms with van der Waals surface area (Å²) in [4.78, 5) is 2.47. The van der Waals surface area contributed by atoms with E-state index in [4.69, 9.17) is 4.74 Å². The molecule has 18 heavy (non-hydrogen) atoms. The highest BCUT2D eigenvalue weighted by Gasteiger charge is 2.27. The van der Waals surface area contributed by atoms with E-state index >= 15 is 0 Å². The van der Waals surface area contributed by atoms with Crippen LogP contribution in [-0.2, 0) is 4.74 Å². The van der Waals surface area contributed by atoms with Gasteiger partial charge in [0.05, 0.1) is 6.10 Å². The molecule has 1 saturated heterocycles. The summed E-state index contributed by atoms with van der Waals surface area (Å²) in [6.07, 6.45) is 7.15. The molecule has 0 amide bonds. The molecule has 0 radical (unpaired) electrons. The molecule has 1 aliphatic carbocycles. The maximum Gasteiger partial charge on any atom is 0.0702 e. The van der Waals surface area contributed by atoms with Gasteiger partial charge >= 0.3 is 0 Å². The summed E-state index contributed by atoms with van der Waals surface area (Å²) >= 11 is 0. The topological polar surface area (TPSA) is 24.5 Å². The van der Waals surface area contributed by atoms with Gasteiger partial charge in [0.25, 0.3) is 0 Å². The highest BCUT2D eigenvalue weighted by atomic mass is 16.5. The van der Waals surface area contributed by atoms with Gasteiger partial charge in [-0.05, 0) is 52.0 Å². The predicted octanol–water partition coefficient (Wildman–Crippen LogP) is 2.26. The van der Waals surface area contributed by atoms with Gasteiger partial charge in [-0.3, -0.25) is 4.90 Å². The third kappa shape index (κ3) is 3.94. The zero-order valence-corrected chi connectivity index (χ0v) is 12.3. The lowest BCUT2D eigenvalue weighted by Crippen LogP contribution is -2.43. The van der Waals surface area contributed by atoms with Crippen molar-refractivity contribution in [3.8, 4) is 0 Å². The van der Waals surface area contributed by atoms with E-state index in [1.807, 2.05) is 0 Å². The standard InChI is InChI=1S/C15H30N2O/c1-12-4-6-14(7-5-12)16-9-10-17(3)15-8-11-18-13(15)2/h12-16H,4-11H2,1-3H3. The van der Waals surface area contributed by atoms with Crippen molar-refractivity contribution in [2.75, 3.05) is 26.7 Å². The zero-order valence-electron chi connectivity index (χ0n) is 12.3. The predicted molar refractivity (Wildman–Crippen MR) is 75.9 cm³/mol. The number of ether oxygens (including phenoxy) is 1. The van der Waals surface area contributed by atoms with Crippen molar-refractivity contribution in [2.45, 2.75) is 64.1 Å². The molecule has 0 bridgehead atoms. The first kappa shape index (κ1) is 14.3. The Bertz CT molecular complexity index is 239. The van der Waals surface area contributed by atoms with Crippen molar-refractivity contribution < 1.29 is 4.74 Å². The summed E-state index contributed by atoms with van der Waals surface area (Å²) in [6.45, 7) is 7.78. The summed E-state index contributed by atoms with van der Waals surface area (Å²) in [5.41, 5.74) is 0. The number of likely N-dealkylation sites (N-methyl/N-ethyl adjacent to an activating group) is 1. The van der Waals surface area contributed by atoms with Gasteiger partial charge in [0.2, 0.25) is 0 Å². The molecule has 0 aromatic rings. The monoisotopic (exact) mass is 254 g/mol. The average Bonchev–Trinajstić information content (AvgIpc) is 2.78. The summed E-state index contributed by atoms with van der Waals surface area (Å²) in [5.74, 6) is 0.946. The minimum absolute atomic E-state index is 0.408. The quantitative estimate of drug-likeness (QED) is 0.814. The van der Waals surface area contributed by atoms with Crippen LogP contribution in [0, 0.1) is 5.92 Å². The zero-order chi connectivity index (χ0) is 13.0. The molecular weight excluding hydrogens is 224 g/mol. The van der Waals surface area contributed by atoms with E-state index in [2.05, 4.69) is 31.1 Å². The molecule has 2 unspecified atom stereocenters. The lowest BCUT2D eigenvalue weighted by molar-refractivity contribution is 0.0835. The van der Waals surface area contributed by atoms with Gasteiger partial charge in [0.15, 0.2) is 0 Å². The molecule has 0 spiro atoms. The Balaban J connectivity index is 1.60. The molecule has 2 atom stereocenters. The van der Waals surface area contributed by atoms with E-state index in [0.717, 1.165) is 31.7 Å². The second-order valence-electron chi connectivity index (χ2n) is 6.32. The van der Waals surface area contributed by atoms with Gasteiger partial charge in [-0.1, -0.05) is 6.92 Å². The minimum atomic E-state index is 0.408. The maximum absolute atomic E-state index is 5.63. The number of hydrogen-bond donors (Lipinski definition) is 1. The van der Waals surface area contributed by atoms with Gasteiger partial charge in [-0.25, -0.2) is 0 Å².